The highest BCUT2D eigenvalue weighted by Crippen LogP contribution is 2.12. The van der Waals surface area contributed by atoms with Gasteiger partial charge in [0.2, 0.25) is 11.8 Å². The number of carbonyl (C=O) groups is 2. The minimum absolute atomic E-state index is 0.0354. The molecule has 2 rings (SSSR count). The molecule has 0 aliphatic carbocycles. The molecule has 0 bridgehead atoms. The first-order valence-corrected chi connectivity index (χ1v) is 8.34. The van der Waals surface area contributed by atoms with Gasteiger partial charge < -0.3 is 10.6 Å². The predicted octanol–water partition coefficient (Wildman–Crippen LogP) is 1.58. The van der Waals surface area contributed by atoms with Gasteiger partial charge in [-0.25, -0.2) is 4.39 Å². The summed E-state index contributed by atoms with van der Waals surface area (Å²) >= 11 is 0. The molecule has 1 saturated heterocycles. The molecule has 6 heteroatoms. The number of amides is 2. The van der Waals surface area contributed by atoms with Gasteiger partial charge in [0.05, 0.1) is 6.42 Å². The quantitative estimate of drug-likeness (QED) is 0.859. The van der Waals surface area contributed by atoms with E-state index >= 15 is 0 Å². The fourth-order valence-electron chi connectivity index (χ4n) is 2.72. The zero-order chi connectivity index (χ0) is 17.5. The summed E-state index contributed by atoms with van der Waals surface area (Å²) in [6.07, 6.45) is 2.83. The third-order valence-corrected chi connectivity index (χ3v) is 4.35. The van der Waals surface area contributed by atoms with E-state index in [2.05, 4.69) is 4.90 Å². The molecule has 24 heavy (non-hydrogen) atoms. The lowest BCUT2D eigenvalue weighted by Crippen LogP contribution is -2.35. The van der Waals surface area contributed by atoms with Crippen LogP contribution >= 0.6 is 0 Å². The highest BCUT2D eigenvalue weighted by atomic mass is 19.1. The van der Waals surface area contributed by atoms with E-state index in [4.69, 9.17) is 5.73 Å². The zero-order valence-corrected chi connectivity index (χ0v) is 14.1. The fourth-order valence-corrected chi connectivity index (χ4v) is 2.72. The highest BCUT2D eigenvalue weighted by molar-refractivity contribution is 5.86. The Morgan fingerprint density at radius 2 is 1.92 bits per heavy atom. The van der Waals surface area contributed by atoms with Gasteiger partial charge in [-0.3, -0.25) is 14.5 Å². The van der Waals surface area contributed by atoms with Gasteiger partial charge in [0.25, 0.3) is 0 Å². The van der Waals surface area contributed by atoms with E-state index < -0.39 is 0 Å². The van der Waals surface area contributed by atoms with Crippen molar-refractivity contribution in [1.29, 1.82) is 0 Å². The maximum atomic E-state index is 13.0. The second-order valence-corrected chi connectivity index (χ2v) is 6.32. The number of nitrogens with two attached hydrogens (primary N) is 1. The molecule has 1 aromatic rings. The monoisotopic (exact) mass is 334 g/mol. The number of nitrogens with zero attached hydrogens (tertiary/aromatic N) is 2. The van der Waals surface area contributed by atoms with Crippen LogP contribution in [-0.4, -0.2) is 47.8 Å². The smallest absolute Gasteiger partial charge is 0.226 e. The fraction of sp³-hybridized carbons (Fsp3) is 0.500. The first-order valence-electron chi connectivity index (χ1n) is 8.34. The Morgan fingerprint density at radius 3 is 2.58 bits per heavy atom. The molecule has 5 nitrogen and oxygen atoms in total. The van der Waals surface area contributed by atoms with Crippen LogP contribution in [0.3, 0.4) is 0 Å². The summed E-state index contributed by atoms with van der Waals surface area (Å²) < 4.78 is 13.0. The van der Waals surface area contributed by atoms with Crippen LogP contribution in [0.25, 0.3) is 0 Å². The van der Waals surface area contributed by atoms with Crippen LogP contribution < -0.4 is 5.73 Å². The van der Waals surface area contributed by atoms with E-state index in [1.165, 1.54) is 12.1 Å². The Morgan fingerprint density at radius 1 is 1.21 bits per heavy atom. The van der Waals surface area contributed by atoms with Crippen LogP contribution in [0.1, 0.15) is 25.3 Å². The van der Waals surface area contributed by atoms with Crippen molar-refractivity contribution in [3.63, 3.8) is 0 Å². The van der Waals surface area contributed by atoms with E-state index in [0.717, 1.165) is 31.6 Å². The second-order valence-electron chi connectivity index (χ2n) is 6.32. The summed E-state index contributed by atoms with van der Waals surface area (Å²) in [6.45, 7) is 5.52. The summed E-state index contributed by atoms with van der Waals surface area (Å²) in [4.78, 5) is 27.4. The number of rotatable bonds is 6. The van der Waals surface area contributed by atoms with Crippen LogP contribution in [0, 0.1) is 18.2 Å². The molecular weight excluding hydrogens is 309 g/mol. The minimum Gasteiger partial charge on any atom is -0.369 e. The molecule has 1 fully saturated rings. The number of benzene rings is 1. The molecule has 0 saturated carbocycles. The van der Waals surface area contributed by atoms with Crippen molar-refractivity contribution in [2.75, 3.05) is 26.2 Å². The molecule has 1 aliphatic rings. The van der Waals surface area contributed by atoms with Crippen molar-refractivity contribution in [3.8, 4) is 0 Å². The number of primary amides is 1. The van der Waals surface area contributed by atoms with Crippen LogP contribution in [0.5, 0.6) is 0 Å². The Hall–Kier alpha value is -1.95. The van der Waals surface area contributed by atoms with Crippen molar-refractivity contribution < 1.29 is 14.0 Å². The van der Waals surface area contributed by atoms with Crippen molar-refractivity contribution >= 4 is 11.8 Å². The first-order chi connectivity index (χ1) is 11.5. The lowest BCUT2D eigenvalue weighted by molar-refractivity contribution is -0.127. The third kappa shape index (κ3) is 5.60. The van der Waals surface area contributed by atoms with Gasteiger partial charge in [-0.05, 0) is 30.5 Å². The maximum absolute atomic E-state index is 13.0. The second kappa shape index (κ2) is 8.78. The molecule has 1 atom stereocenters. The van der Waals surface area contributed by atoms with Crippen LogP contribution in [0.15, 0.2) is 24.3 Å². The molecule has 1 radical (unpaired) electrons. The molecular formula is C18H25FN3O2. The largest absolute Gasteiger partial charge is 0.369 e. The number of hydrogen-bond acceptors (Lipinski definition) is 3. The average Bonchev–Trinajstić information content (AvgIpc) is 2.80. The van der Waals surface area contributed by atoms with E-state index in [0.29, 0.717) is 19.5 Å². The standard InChI is InChI=1S/C18H25FN3O2/c1-14(18(20)24)3-8-17(23)22-10-2-9-21(11-12-22)13-15-4-6-16(19)7-5-15/h4-8,14H,2-3,9-13H2,1H3,(H2,20,24)/t14-/m0/s1. The molecule has 2 amide bonds. The third-order valence-electron chi connectivity index (χ3n) is 4.35. The predicted molar refractivity (Wildman–Crippen MR) is 90.1 cm³/mol. The van der Waals surface area contributed by atoms with Gasteiger partial charge in [0, 0.05) is 38.6 Å². The van der Waals surface area contributed by atoms with Crippen molar-refractivity contribution in [1.82, 2.24) is 9.80 Å². The summed E-state index contributed by atoms with van der Waals surface area (Å²) in [5.74, 6) is -0.977. The lowest BCUT2D eigenvalue weighted by Gasteiger charge is -2.22. The van der Waals surface area contributed by atoms with E-state index in [1.807, 2.05) is 4.90 Å². The van der Waals surface area contributed by atoms with E-state index in [-0.39, 0.29) is 23.5 Å². The molecule has 1 aliphatic heterocycles. The summed E-state index contributed by atoms with van der Waals surface area (Å²) in [5, 5.41) is 0. The molecule has 0 unspecified atom stereocenters. The van der Waals surface area contributed by atoms with Gasteiger partial charge >= 0.3 is 0 Å². The topological polar surface area (TPSA) is 66.6 Å². The minimum atomic E-state index is -0.389. The number of halogens is 1. The lowest BCUT2D eigenvalue weighted by atomic mass is 10.0. The van der Waals surface area contributed by atoms with Gasteiger partial charge in [0.1, 0.15) is 5.82 Å². The van der Waals surface area contributed by atoms with E-state index in [9.17, 15) is 14.0 Å². The molecule has 0 spiro atoms. The van der Waals surface area contributed by atoms with Gasteiger partial charge in [-0.15, -0.1) is 0 Å². The van der Waals surface area contributed by atoms with Crippen LogP contribution in [0.2, 0.25) is 0 Å². The van der Waals surface area contributed by atoms with Crippen LogP contribution in [-0.2, 0) is 16.1 Å². The van der Waals surface area contributed by atoms with Crippen molar-refractivity contribution in [3.05, 3.63) is 42.1 Å². The van der Waals surface area contributed by atoms with Crippen molar-refractivity contribution in [2.24, 2.45) is 11.7 Å². The average molecular weight is 334 g/mol. The number of hydrogen-bond donors (Lipinski definition) is 1. The normalized spacial score (nSPS) is 17.3. The maximum Gasteiger partial charge on any atom is 0.226 e. The number of carbonyl (C=O) groups excluding carboxylic acids is 2. The Bertz CT molecular complexity index is 562. The Kier molecular flexibility index (Phi) is 6.73. The first kappa shape index (κ1) is 18.4. The Labute approximate surface area is 142 Å². The molecule has 1 heterocycles. The highest BCUT2D eigenvalue weighted by Gasteiger charge is 2.20. The van der Waals surface area contributed by atoms with Crippen molar-refractivity contribution in [2.45, 2.75) is 26.3 Å². The van der Waals surface area contributed by atoms with E-state index in [1.54, 1.807) is 25.5 Å². The van der Waals surface area contributed by atoms with Gasteiger partial charge in [-0.2, -0.15) is 0 Å². The SMILES string of the molecule is C[C@@H](C[CH]C(=O)N1CCCN(Cc2ccc(F)cc2)CC1)C(N)=O. The molecule has 131 valence electrons. The molecule has 0 aromatic heterocycles. The molecule has 1 aromatic carbocycles. The summed E-state index contributed by atoms with van der Waals surface area (Å²) in [7, 11) is 0. The van der Waals surface area contributed by atoms with Crippen LogP contribution in [0.4, 0.5) is 4.39 Å². The van der Waals surface area contributed by atoms with Gasteiger partial charge in [-0.1, -0.05) is 19.1 Å². The zero-order valence-electron chi connectivity index (χ0n) is 14.1. The van der Waals surface area contributed by atoms with Gasteiger partial charge in [0.15, 0.2) is 0 Å². The summed E-state index contributed by atoms with van der Waals surface area (Å²) in [5.41, 5.74) is 6.28. The molecule has 2 N–H and O–H groups in total. The Balaban J connectivity index is 1.80. The summed E-state index contributed by atoms with van der Waals surface area (Å²) in [6, 6.07) is 6.53.